The van der Waals surface area contributed by atoms with E-state index in [9.17, 15) is 14.4 Å². The number of urea groups is 1. The number of nitrogens with one attached hydrogen (secondary N) is 3. The van der Waals surface area contributed by atoms with Crippen LogP contribution in [-0.2, 0) is 16.1 Å². The van der Waals surface area contributed by atoms with Crippen LogP contribution in [0.25, 0.3) is 0 Å². The molecule has 1 saturated heterocycles. The van der Waals surface area contributed by atoms with Gasteiger partial charge in [0, 0.05) is 32.1 Å². The summed E-state index contributed by atoms with van der Waals surface area (Å²) in [5.41, 5.74) is 1.03. The van der Waals surface area contributed by atoms with E-state index in [2.05, 4.69) is 16.0 Å². The SMILES string of the molecule is CCNC(=O)N1CCC(C(NC(=O)C2CCCC2)C(=O)NCc2ccccc2)CC1. The Morgan fingerprint density at radius 1 is 1.00 bits per heavy atom. The lowest BCUT2D eigenvalue weighted by atomic mass is 9.88. The highest BCUT2D eigenvalue weighted by Gasteiger charge is 2.35. The molecular weight excluding hydrogens is 380 g/mol. The zero-order valence-corrected chi connectivity index (χ0v) is 17.9. The Morgan fingerprint density at radius 2 is 1.67 bits per heavy atom. The van der Waals surface area contributed by atoms with Gasteiger partial charge in [0.15, 0.2) is 0 Å². The number of amides is 4. The van der Waals surface area contributed by atoms with E-state index in [4.69, 9.17) is 0 Å². The molecule has 1 heterocycles. The molecule has 2 aliphatic rings. The van der Waals surface area contributed by atoms with Crippen molar-refractivity contribution in [3.63, 3.8) is 0 Å². The maximum absolute atomic E-state index is 13.1. The van der Waals surface area contributed by atoms with Crippen LogP contribution < -0.4 is 16.0 Å². The number of hydrogen-bond donors (Lipinski definition) is 3. The van der Waals surface area contributed by atoms with E-state index in [1.165, 1.54) is 0 Å². The quantitative estimate of drug-likeness (QED) is 0.640. The van der Waals surface area contributed by atoms with E-state index in [1.807, 2.05) is 37.3 Å². The van der Waals surface area contributed by atoms with Crippen LogP contribution in [0.15, 0.2) is 30.3 Å². The minimum absolute atomic E-state index is 0.00137. The van der Waals surface area contributed by atoms with Gasteiger partial charge >= 0.3 is 6.03 Å². The maximum atomic E-state index is 13.1. The largest absolute Gasteiger partial charge is 0.350 e. The van der Waals surface area contributed by atoms with Crippen LogP contribution in [0.4, 0.5) is 4.79 Å². The third-order valence-electron chi connectivity index (χ3n) is 6.24. The summed E-state index contributed by atoms with van der Waals surface area (Å²) in [4.78, 5) is 39.7. The Balaban J connectivity index is 1.62. The standard InChI is InChI=1S/C23H34N4O3/c1-2-24-23(30)27-14-12-18(13-15-27)20(26-21(28)19-10-6-7-11-19)22(29)25-16-17-8-4-3-5-9-17/h3-5,8-9,18-20H,2,6-7,10-16H2,1H3,(H,24,30)(H,25,29)(H,26,28). The van der Waals surface area contributed by atoms with Crippen molar-refractivity contribution in [2.45, 2.75) is 58.0 Å². The third kappa shape index (κ3) is 5.97. The Morgan fingerprint density at radius 3 is 2.30 bits per heavy atom. The summed E-state index contributed by atoms with van der Waals surface area (Å²) in [6, 6.07) is 9.15. The van der Waals surface area contributed by atoms with Crippen LogP contribution in [0, 0.1) is 11.8 Å². The molecule has 3 rings (SSSR count). The van der Waals surface area contributed by atoms with Crippen molar-refractivity contribution in [3.8, 4) is 0 Å². The topological polar surface area (TPSA) is 90.5 Å². The molecule has 1 aromatic rings. The number of benzene rings is 1. The van der Waals surface area contributed by atoms with Crippen molar-refractivity contribution >= 4 is 17.8 Å². The predicted molar refractivity (Wildman–Crippen MR) is 116 cm³/mol. The van der Waals surface area contributed by atoms with Gasteiger partial charge in [-0.25, -0.2) is 4.79 Å². The van der Waals surface area contributed by atoms with Gasteiger partial charge in [0.1, 0.15) is 6.04 Å². The summed E-state index contributed by atoms with van der Waals surface area (Å²) in [7, 11) is 0. The second-order valence-electron chi connectivity index (χ2n) is 8.33. The van der Waals surface area contributed by atoms with Crippen LogP contribution in [-0.4, -0.2) is 48.4 Å². The first-order valence-corrected chi connectivity index (χ1v) is 11.2. The Bertz CT molecular complexity index is 710. The first-order chi connectivity index (χ1) is 14.6. The van der Waals surface area contributed by atoms with E-state index in [-0.39, 0.29) is 29.7 Å². The van der Waals surface area contributed by atoms with Crippen molar-refractivity contribution in [3.05, 3.63) is 35.9 Å². The smallest absolute Gasteiger partial charge is 0.317 e. The molecule has 7 heteroatoms. The van der Waals surface area contributed by atoms with Crippen LogP contribution in [0.3, 0.4) is 0 Å². The zero-order chi connectivity index (χ0) is 21.3. The summed E-state index contributed by atoms with van der Waals surface area (Å²) in [5.74, 6) is -0.0955. The van der Waals surface area contributed by atoms with E-state index < -0.39 is 6.04 Å². The molecule has 2 fully saturated rings. The van der Waals surface area contributed by atoms with Crippen molar-refractivity contribution < 1.29 is 14.4 Å². The van der Waals surface area contributed by atoms with Gasteiger partial charge in [-0.2, -0.15) is 0 Å². The van der Waals surface area contributed by atoms with Gasteiger partial charge in [0.2, 0.25) is 11.8 Å². The van der Waals surface area contributed by atoms with Gasteiger partial charge in [-0.05, 0) is 44.1 Å². The lowest BCUT2D eigenvalue weighted by Gasteiger charge is -2.36. The second kappa shape index (κ2) is 11.0. The molecule has 1 aliphatic carbocycles. The maximum Gasteiger partial charge on any atom is 0.317 e. The molecule has 1 saturated carbocycles. The normalized spacial score (nSPS) is 18.6. The van der Waals surface area contributed by atoms with Gasteiger partial charge in [-0.15, -0.1) is 0 Å². The van der Waals surface area contributed by atoms with E-state index >= 15 is 0 Å². The van der Waals surface area contributed by atoms with Gasteiger partial charge in [0.05, 0.1) is 0 Å². The van der Waals surface area contributed by atoms with Gasteiger partial charge in [0.25, 0.3) is 0 Å². The number of piperidine rings is 1. The summed E-state index contributed by atoms with van der Waals surface area (Å²) in [6.07, 6.45) is 5.36. The van der Waals surface area contributed by atoms with Gasteiger partial charge in [-0.1, -0.05) is 43.2 Å². The molecule has 164 valence electrons. The monoisotopic (exact) mass is 414 g/mol. The summed E-state index contributed by atoms with van der Waals surface area (Å²) in [6.45, 7) is 4.13. The van der Waals surface area contributed by atoms with Gasteiger partial charge < -0.3 is 20.9 Å². The molecule has 0 radical (unpaired) electrons. The molecule has 1 aliphatic heterocycles. The Labute approximate surface area is 179 Å². The molecule has 4 amide bonds. The minimum Gasteiger partial charge on any atom is -0.350 e. The molecular formula is C23H34N4O3. The molecule has 0 bridgehead atoms. The minimum atomic E-state index is -0.557. The van der Waals surface area contributed by atoms with Gasteiger partial charge in [-0.3, -0.25) is 9.59 Å². The first kappa shape index (κ1) is 22.1. The molecule has 0 aromatic heterocycles. The average Bonchev–Trinajstić information content (AvgIpc) is 3.32. The molecule has 0 spiro atoms. The number of rotatable bonds is 7. The number of carbonyl (C=O) groups excluding carboxylic acids is 3. The lowest BCUT2D eigenvalue weighted by molar-refractivity contribution is -0.132. The molecule has 1 aromatic carbocycles. The summed E-state index contributed by atoms with van der Waals surface area (Å²) < 4.78 is 0. The van der Waals surface area contributed by atoms with Crippen molar-refractivity contribution in [2.75, 3.05) is 19.6 Å². The first-order valence-electron chi connectivity index (χ1n) is 11.2. The highest BCUT2D eigenvalue weighted by molar-refractivity contribution is 5.89. The number of hydrogen-bond acceptors (Lipinski definition) is 3. The average molecular weight is 415 g/mol. The summed E-state index contributed by atoms with van der Waals surface area (Å²) in [5, 5.41) is 8.89. The highest BCUT2D eigenvalue weighted by atomic mass is 16.2. The number of likely N-dealkylation sites (tertiary alicyclic amines) is 1. The van der Waals surface area contributed by atoms with E-state index in [1.54, 1.807) is 4.90 Å². The highest BCUT2D eigenvalue weighted by Crippen LogP contribution is 2.26. The third-order valence-corrected chi connectivity index (χ3v) is 6.24. The molecule has 7 nitrogen and oxygen atoms in total. The number of carbonyl (C=O) groups is 3. The summed E-state index contributed by atoms with van der Waals surface area (Å²) >= 11 is 0. The van der Waals surface area contributed by atoms with Crippen LogP contribution in [0.2, 0.25) is 0 Å². The Hall–Kier alpha value is -2.57. The molecule has 3 N–H and O–H groups in total. The number of nitrogens with zero attached hydrogens (tertiary/aromatic N) is 1. The van der Waals surface area contributed by atoms with Crippen LogP contribution in [0.5, 0.6) is 0 Å². The van der Waals surface area contributed by atoms with Crippen LogP contribution in [0.1, 0.15) is 51.0 Å². The fourth-order valence-electron chi connectivity index (χ4n) is 4.45. The van der Waals surface area contributed by atoms with Crippen molar-refractivity contribution in [2.24, 2.45) is 11.8 Å². The van der Waals surface area contributed by atoms with E-state index in [0.717, 1.165) is 31.2 Å². The molecule has 1 unspecified atom stereocenters. The molecule has 30 heavy (non-hydrogen) atoms. The predicted octanol–water partition coefficient (Wildman–Crippen LogP) is 2.42. The van der Waals surface area contributed by atoms with Crippen molar-refractivity contribution in [1.29, 1.82) is 0 Å². The fraction of sp³-hybridized carbons (Fsp3) is 0.609. The Kier molecular flexibility index (Phi) is 8.11. The van der Waals surface area contributed by atoms with E-state index in [0.29, 0.717) is 39.0 Å². The fourth-order valence-corrected chi connectivity index (χ4v) is 4.45. The molecule has 1 atom stereocenters. The van der Waals surface area contributed by atoms with Crippen molar-refractivity contribution in [1.82, 2.24) is 20.9 Å². The second-order valence-corrected chi connectivity index (χ2v) is 8.33. The lowest BCUT2D eigenvalue weighted by Crippen LogP contribution is -2.55. The van der Waals surface area contributed by atoms with Crippen LogP contribution >= 0.6 is 0 Å². The zero-order valence-electron chi connectivity index (χ0n) is 17.9.